The molecule has 0 unspecified atom stereocenters. The number of hydrogen-bond donors (Lipinski definition) is 0. The van der Waals surface area contributed by atoms with Gasteiger partial charge in [0.05, 0.1) is 0 Å². The molecule has 0 fully saturated rings. The first kappa shape index (κ1) is 11.0. The summed E-state index contributed by atoms with van der Waals surface area (Å²) in [7, 11) is 3.23. The molecule has 0 saturated carbocycles. The van der Waals surface area contributed by atoms with Gasteiger partial charge >= 0.3 is 0 Å². The van der Waals surface area contributed by atoms with Gasteiger partial charge in [0.25, 0.3) is 0 Å². The third-order valence-electron chi connectivity index (χ3n) is 2.04. The van der Waals surface area contributed by atoms with Gasteiger partial charge in [-0.1, -0.05) is 36.9 Å². The highest BCUT2D eigenvalue weighted by Gasteiger charge is 2.09. The van der Waals surface area contributed by atoms with Crippen molar-refractivity contribution in [2.75, 3.05) is 14.2 Å². The van der Waals surface area contributed by atoms with Crippen LogP contribution in [0, 0.1) is 0 Å². The molecule has 0 N–H and O–H groups in total. The van der Waals surface area contributed by atoms with Crippen LogP contribution in [0.15, 0.2) is 42.5 Å². The quantitative estimate of drug-likeness (QED) is 0.527. The Hall–Kier alpha value is -1.12. The van der Waals surface area contributed by atoms with E-state index in [2.05, 4.69) is 18.7 Å². The highest BCUT2D eigenvalue weighted by molar-refractivity contribution is 5.21. The molecule has 0 aliphatic carbocycles. The Kier molecular flexibility index (Phi) is 4.36. The van der Waals surface area contributed by atoms with E-state index in [0.717, 1.165) is 12.0 Å². The maximum absolute atomic E-state index is 5.11. The predicted molar refractivity (Wildman–Crippen MR) is 57.1 cm³/mol. The zero-order valence-electron chi connectivity index (χ0n) is 8.69. The SMILES string of the molecule is C=C(Cc1ccccc1)C(OC)OC. The van der Waals surface area contributed by atoms with E-state index >= 15 is 0 Å². The molecule has 0 atom stereocenters. The van der Waals surface area contributed by atoms with Crippen molar-refractivity contribution in [1.29, 1.82) is 0 Å². The van der Waals surface area contributed by atoms with E-state index in [1.807, 2.05) is 18.2 Å². The van der Waals surface area contributed by atoms with Gasteiger partial charge < -0.3 is 9.47 Å². The first-order valence-corrected chi connectivity index (χ1v) is 4.55. The summed E-state index contributed by atoms with van der Waals surface area (Å²) < 4.78 is 10.2. The summed E-state index contributed by atoms with van der Waals surface area (Å²) in [6.45, 7) is 3.94. The molecule has 0 radical (unpaired) electrons. The van der Waals surface area contributed by atoms with Gasteiger partial charge in [0.1, 0.15) is 0 Å². The van der Waals surface area contributed by atoms with Crippen molar-refractivity contribution in [2.24, 2.45) is 0 Å². The van der Waals surface area contributed by atoms with Crippen molar-refractivity contribution < 1.29 is 9.47 Å². The summed E-state index contributed by atoms with van der Waals surface area (Å²) in [5.74, 6) is 0. The standard InChI is InChI=1S/C12H16O2/c1-10(12(13-2)14-3)9-11-7-5-4-6-8-11/h4-8,12H,1,9H2,2-3H3. The lowest BCUT2D eigenvalue weighted by Crippen LogP contribution is -2.16. The zero-order chi connectivity index (χ0) is 10.4. The summed E-state index contributed by atoms with van der Waals surface area (Å²) in [5.41, 5.74) is 2.15. The Balaban J connectivity index is 2.57. The Morgan fingerprint density at radius 3 is 2.29 bits per heavy atom. The fourth-order valence-electron chi connectivity index (χ4n) is 1.37. The van der Waals surface area contributed by atoms with Gasteiger partial charge in [0.15, 0.2) is 6.29 Å². The lowest BCUT2D eigenvalue weighted by atomic mass is 10.1. The van der Waals surface area contributed by atoms with Crippen molar-refractivity contribution in [3.63, 3.8) is 0 Å². The van der Waals surface area contributed by atoms with Crippen molar-refractivity contribution >= 4 is 0 Å². The Labute approximate surface area is 85.2 Å². The molecule has 1 rings (SSSR count). The highest BCUT2D eigenvalue weighted by atomic mass is 16.7. The van der Waals surface area contributed by atoms with E-state index in [1.165, 1.54) is 5.56 Å². The largest absolute Gasteiger partial charge is 0.352 e. The van der Waals surface area contributed by atoms with E-state index < -0.39 is 0 Å². The lowest BCUT2D eigenvalue weighted by molar-refractivity contribution is -0.0757. The second-order valence-electron chi connectivity index (χ2n) is 3.12. The van der Waals surface area contributed by atoms with Gasteiger partial charge in [0, 0.05) is 14.2 Å². The lowest BCUT2D eigenvalue weighted by Gasteiger charge is -2.16. The molecule has 2 heteroatoms. The number of benzene rings is 1. The van der Waals surface area contributed by atoms with Crippen LogP contribution in [0.2, 0.25) is 0 Å². The van der Waals surface area contributed by atoms with Gasteiger partial charge in [-0.25, -0.2) is 0 Å². The molecule has 0 aliphatic heterocycles. The number of methoxy groups -OCH3 is 2. The van der Waals surface area contributed by atoms with Crippen LogP contribution in [0.5, 0.6) is 0 Å². The summed E-state index contributed by atoms with van der Waals surface area (Å²) in [6.07, 6.45) is 0.475. The summed E-state index contributed by atoms with van der Waals surface area (Å²) >= 11 is 0. The van der Waals surface area contributed by atoms with E-state index in [-0.39, 0.29) is 6.29 Å². The normalized spacial score (nSPS) is 10.5. The Bertz CT molecular complexity index is 276. The van der Waals surface area contributed by atoms with Crippen LogP contribution >= 0.6 is 0 Å². The maximum Gasteiger partial charge on any atom is 0.179 e. The van der Waals surface area contributed by atoms with Gasteiger partial charge in [-0.05, 0) is 17.6 Å². The smallest absolute Gasteiger partial charge is 0.179 e. The van der Waals surface area contributed by atoms with Crippen LogP contribution < -0.4 is 0 Å². The summed E-state index contributed by atoms with van der Waals surface area (Å²) in [5, 5.41) is 0. The predicted octanol–water partition coefficient (Wildman–Crippen LogP) is 2.40. The fraction of sp³-hybridized carbons (Fsp3) is 0.333. The molecule has 14 heavy (non-hydrogen) atoms. The number of hydrogen-bond acceptors (Lipinski definition) is 2. The van der Waals surface area contributed by atoms with Crippen molar-refractivity contribution in [3.05, 3.63) is 48.0 Å². The maximum atomic E-state index is 5.11. The van der Waals surface area contributed by atoms with Gasteiger partial charge in [-0.15, -0.1) is 0 Å². The fourth-order valence-corrected chi connectivity index (χ4v) is 1.37. The van der Waals surface area contributed by atoms with Crippen LogP contribution in [0.25, 0.3) is 0 Å². The molecule has 1 aromatic rings. The minimum absolute atomic E-state index is 0.310. The third-order valence-corrected chi connectivity index (χ3v) is 2.04. The second kappa shape index (κ2) is 5.58. The molecular formula is C12H16O2. The molecule has 0 bridgehead atoms. The Morgan fingerprint density at radius 2 is 1.79 bits per heavy atom. The van der Waals surface area contributed by atoms with Crippen molar-refractivity contribution in [1.82, 2.24) is 0 Å². The van der Waals surface area contributed by atoms with Crippen molar-refractivity contribution in [3.8, 4) is 0 Å². The van der Waals surface area contributed by atoms with E-state index in [0.29, 0.717) is 0 Å². The average molecular weight is 192 g/mol. The number of ether oxygens (including phenoxy) is 2. The number of rotatable bonds is 5. The Morgan fingerprint density at radius 1 is 1.21 bits per heavy atom. The van der Waals surface area contributed by atoms with E-state index in [9.17, 15) is 0 Å². The van der Waals surface area contributed by atoms with E-state index in [4.69, 9.17) is 9.47 Å². The molecule has 0 aliphatic rings. The first-order valence-electron chi connectivity index (χ1n) is 4.55. The van der Waals surface area contributed by atoms with Gasteiger partial charge in [-0.2, -0.15) is 0 Å². The van der Waals surface area contributed by atoms with Crippen molar-refractivity contribution in [2.45, 2.75) is 12.7 Å². The summed E-state index contributed by atoms with van der Waals surface area (Å²) in [4.78, 5) is 0. The minimum atomic E-state index is -0.310. The molecule has 1 aromatic carbocycles. The molecule has 0 spiro atoms. The molecule has 0 heterocycles. The average Bonchev–Trinajstić information content (AvgIpc) is 2.21. The monoisotopic (exact) mass is 192 g/mol. The molecule has 2 nitrogen and oxygen atoms in total. The molecule has 0 amide bonds. The van der Waals surface area contributed by atoms with Crippen LogP contribution in [-0.4, -0.2) is 20.5 Å². The minimum Gasteiger partial charge on any atom is -0.352 e. The summed E-state index contributed by atoms with van der Waals surface area (Å²) in [6, 6.07) is 10.1. The molecule has 0 saturated heterocycles. The van der Waals surface area contributed by atoms with Crippen LogP contribution in [-0.2, 0) is 15.9 Å². The first-order chi connectivity index (χ1) is 6.77. The molecule has 76 valence electrons. The second-order valence-corrected chi connectivity index (χ2v) is 3.12. The van der Waals surface area contributed by atoms with Gasteiger partial charge in [-0.3, -0.25) is 0 Å². The molecular weight excluding hydrogens is 176 g/mol. The topological polar surface area (TPSA) is 18.5 Å². The van der Waals surface area contributed by atoms with Gasteiger partial charge in [0.2, 0.25) is 0 Å². The van der Waals surface area contributed by atoms with Crippen LogP contribution in [0.1, 0.15) is 5.56 Å². The third kappa shape index (κ3) is 2.98. The highest BCUT2D eigenvalue weighted by Crippen LogP contribution is 2.12. The zero-order valence-corrected chi connectivity index (χ0v) is 8.69. The van der Waals surface area contributed by atoms with Crippen LogP contribution in [0.3, 0.4) is 0 Å². The molecule has 0 aromatic heterocycles. The van der Waals surface area contributed by atoms with E-state index in [1.54, 1.807) is 14.2 Å². The van der Waals surface area contributed by atoms with Crippen LogP contribution in [0.4, 0.5) is 0 Å².